The summed E-state index contributed by atoms with van der Waals surface area (Å²) in [6.45, 7) is 5.58. The van der Waals surface area contributed by atoms with Gasteiger partial charge in [0, 0.05) is 5.69 Å². The van der Waals surface area contributed by atoms with E-state index in [9.17, 15) is 9.18 Å². The van der Waals surface area contributed by atoms with Gasteiger partial charge in [0.05, 0.1) is 0 Å². The van der Waals surface area contributed by atoms with Crippen LogP contribution in [0.2, 0.25) is 0 Å². The number of nitrogens with one attached hydrogen (secondary N) is 1. The quantitative estimate of drug-likeness (QED) is 0.927. The Morgan fingerprint density at radius 2 is 1.81 bits per heavy atom. The third kappa shape index (κ3) is 4.05. The molecular weight excluding hydrogens is 269 g/mol. The number of carbonyl (C=O) groups excluding carboxylic acids is 1. The Bertz CT molecular complexity index is 638. The molecule has 0 unspecified atom stereocenters. The van der Waals surface area contributed by atoms with Crippen LogP contribution < -0.4 is 10.1 Å². The molecule has 1 atom stereocenters. The van der Waals surface area contributed by atoms with E-state index in [-0.39, 0.29) is 11.7 Å². The van der Waals surface area contributed by atoms with Crippen LogP contribution in [0.5, 0.6) is 5.75 Å². The molecule has 0 aliphatic carbocycles. The molecule has 0 aromatic heterocycles. The second-order valence-corrected chi connectivity index (χ2v) is 5.03. The molecule has 1 N–H and O–H groups in total. The first-order valence-electron chi connectivity index (χ1n) is 6.76. The van der Waals surface area contributed by atoms with E-state index in [0.29, 0.717) is 11.4 Å². The van der Waals surface area contributed by atoms with Gasteiger partial charge in [-0.15, -0.1) is 0 Å². The van der Waals surface area contributed by atoms with Gasteiger partial charge in [-0.25, -0.2) is 4.39 Å². The molecule has 0 radical (unpaired) electrons. The third-order valence-corrected chi connectivity index (χ3v) is 3.13. The fourth-order valence-electron chi connectivity index (χ4n) is 1.86. The zero-order valence-electron chi connectivity index (χ0n) is 12.3. The number of carbonyl (C=O) groups is 1. The first-order valence-corrected chi connectivity index (χ1v) is 6.76. The van der Waals surface area contributed by atoms with Crippen LogP contribution >= 0.6 is 0 Å². The SMILES string of the molecule is Cc1ccc(C)c(O[C@@H](C)C(=O)Nc2ccc(F)cc2)c1. The van der Waals surface area contributed by atoms with Crippen LogP contribution in [-0.2, 0) is 4.79 Å². The minimum Gasteiger partial charge on any atom is -0.481 e. The topological polar surface area (TPSA) is 38.3 Å². The maximum absolute atomic E-state index is 12.8. The molecule has 110 valence electrons. The molecule has 1 amide bonds. The first-order chi connectivity index (χ1) is 9.95. The highest BCUT2D eigenvalue weighted by Gasteiger charge is 2.16. The molecule has 0 spiro atoms. The summed E-state index contributed by atoms with van der Waals surface area (Å²) in [4.78, 5) is 12.1. The smallest absolute Gasteiger partial charge is 0.265 e. The maximum atomic E-state index is 12.8. The van der Waals surface area contributed by atoms with E-state index < -0.39 is 6.10 Å². The van der Waals surface area contributed by atoms with E-state index in [1.54, 1.807) is 6.92 Å². The predicted molar refractivity (Wildman–Crippen MR) is 81.0 cm³/mol. The fraction of sp³-hybridized carbons (Fsp3) is 0.235. The molecule has 0 saturated carbocycles. The molecule has 2 rings (SSSR count). The Hall–Kier alpha value is -2.36. The molecule has 0 heterocycles. The maximum Gasteiger partial charge on any atom is 0.265 e. The van der Waals surface area contributed by atoms with Crippen LogP contribution in [-0.4, -0.2) is 12.0 Å². The van der Waals surface area contributed by atoms with Crippen LogP contribution in [0.3, 0.4) is 0 Å². The lowest BCUT2D eigenvalue weighted by molar-refractivity contribution is -0.122. The molecule has 0 bridgehead atoms. The number of hydrogen-bond donors (Lipinski definition) is 1. The summed E-state index contributed by atoms with van der Waals surface area (Å²) in [7, 11) is 0. The number of halogens is 1. The number of rotatable bonds is 4. The van der Waals surface area contributed by atoms with Crippen LogP contribution in [0.1, 0.15) is 18.1 Å². The largest absolute Gasteiger partial charge is 0.481 e. The molecular formula is C17H18FNO2. The Labute approximate surface area is 123 Å². The number of amides is 1. The van der Waals surface area contributed by atoms with Crippen LogP contribution in [0.4, 0.5) is 10.1 Å². The molecule has 21 heavy (non-hydrogen) atoms. The van der Waals surface area contributed by atoms with Crippen molar-refractivity contribution in [2.75, 3.05) is 5.32 Å². The molecule has 2 aromatic rings. The van der Waals surface area contributed by atoms with Gasteiger partial charge in [0.25, 0.3) is 5.91 Å². The Kier molecular flexibility index (Phi) is 4.58. The van der Waals surface area contributed by atoms with E-state index >= 15 is 0 Å². The molecule has 0 fully saturated rings. The van der Waals surface area contributed by atoms with Gasteiger partial charge in [-0.3, -0.25) is 4.79 Å². The summed E-state index contributed by atoms with van der Waals surface area (Å²) < 4.78 is 18.5. The van der Waals surface area contributed by atoms with Gasteiger partial charge in [-0.1, -0.05) is 12.1 Å². The second kappa shape index (κ2) is 6.39. The highest BCUT2D eigenvalue weighted by Crippen LogP contribution is 2.21. The standard InChI is InChI=1S/C17H18FNO2/c1-11-4-5-12(2)16(10-11)21-13(3)17(20)19-15-8-6-14(18)7-9-15/h4-10,13H,1-3H3,(H,19,20)/t13-/m0/s1. The van der Waals surface area contributed by atoms with Gasteiger partial charge in [0.15, 0.2) is 6.10 Å². The fourth-order valence-corrected chi connectivity index (χ4v) is 1.86. The van der Waals surface area contributed by atoms with E-state index in [2.05, 4.69) is 5.32 Å². The van der Waals surface area contributed by atoms with Crippen molar-refractivity contribution in [1.29, 1.82) is 0 Å². The van der Waals surface area contributed by atoms with Crippen molar-refractivity contribution in [3.63, 3.8) is 0 Å². The van der Waals surface area contributed by atoms with Gasteiger partial charge in [0.2, 0.25) is 0 Å². The number of hydrogen-bond acceptors (Lipinski definition) is 2. The average molecular weight is 287 g/mol. The average Bonchev–Trinajstić information content (AvgIpc) is 2.45. The van der Waals surface area contributed by atoms with Crippen molar-refractivity contribution < 1.29 is 13.9 Å². The molecule has 0 aliphatic rings. The summed E-state index contributed by atoms with van der Waals surface area (Å²) in [6.07, 6.45) is -0.643. The normalized spacial score (nSPS) is 11.8. The third-order valence-electron chi connectivity index (χ3n) is 3.13. The van der Waals surface area contributed by atoms with E-state index in [4.69, 9.17) is 4.74 Å². The van der Waals surface area contributed by atoms with Crippen LogP contribution in [0, 0.1) is 19.7 Å². The van der Waals surface area contributed by atoms with Gasteiger partial charge in [-0.05, 0) is 62.2 Å². The summed E-state index contributed by atoms with van der Waals surface area (Å²) >= 11 is 0. The molecule has 0 saturated heterocycles. The van der Waals surface area contributed by atoms with E-state index in [0.717, 1.165) is 11.1 Å². The number of anilines is 1. The highest BCUT2D eigenvalue weighted by molar-refractivity contribution is 5.94. The number of ether oxygens (including phenoxy) is 1. The van der Waals surface area contributed by atoms with E-state index in [1.165, 1.54) is 24.3 Å². The van der Waals surface area contributed by atoms with Gasteiger partial charge in [0.1, 0.15) is 11.6 Å². The van der Waals surface area contributed by atoms with Crippen molar-refractivity contribution in [3.05, 3.63) is 59.4 Å². The number of benzene rings is 2. The Morgan fingerprint density at radius 3 is 2.48 bits per heavy atom. The second-order valence-electron chi connectivity index (χ2n) is 5.03. The van der Waals surface area contributed by atoms with E-state index in [1.807, 2.05) is 32.0 Å². The molecule has 4 heteroatoms. The lowest BCUT2D eigenvalue weighted by Crippen LogP contribution is -2.30. The van der Waals surface area contributed by atoms with Crippen molar-refractivity contribution in [2.24, 2.45) is 0 Å². The van der Waals surface area contributed by atoms with Crippen molar-refractivity contribution in [3.8, 4) is 5.75 Å². The summed E-state index contributed by atoms with van der Waals surface area (Å²) in [5.74, 6) is 0.0759. The van der Waals surface area contributed by atoms with Gasteiger partial charge >= 0.3 is 0 Å². The van der Waals surface area contributed by atoms with Crippen molar-refractivity contribution in [1.82, 2.24) is 0 Å². The monoisotopic (exact) mass is 287 g/mol. The summed E-state index contributed by atoms with van der Waals surface area (Å²) in [5.41, 5.74) is 2.58. The zero-order valence-corrected chi connectivity index (χ0v) is 12.3. The Morgan fingerprint density at radius 1 is 1.14 bits per heavy atom. The predicted octanol–water partition coefficient (Wildman–Crippen LogP) is 3.85. The number of aryl methyl sites for hydroxylation is 2. The van der Waals surface area contributed by atoms with Crippen molar-refractivity contribution >= 4 is 11.6 Å². The minimum atomic E-state index is -0.643. The molecule has 3 nitrogen and oxygen atoms in total. The lowest BCUT2D eigenvalue weighted by Gasteiger charge is -2.16. The minimum absolute atomic E-state index is 0.275. The summed E-state index contributed by atoms with van der Waals surface area (Å²) in [6, 6.07) is 11.5. The molecule has 0 aliphatic heterocycles. The highest BCUT2D eigenvalue weighted by atomic mass is 19.1. The van der Waals surface area contributed by atoms with Crippen molar-refractivity contribution in [2.45, 2.75) is 26.9 Å². The zero-order chi connectivity index (χ0) is 15.4. The summed E-state index contributed by atoms with van der Waals surface area (Å²) in [5, 5.41) is 2.69. The Balaban J connectivity index is 2.02. The first kappa shape index (κ1) is 15.0. The molecule has 2 aromatic carbocycles. The van der Waals surface area contributed by atoms with Crippen LogP contribution in [0.25, 0.3) is 0 Å². The van der Waals surface area contributed by atoms with Gasteiger partial charge in [-0.2, -0.15) is 0 Å². The van der Waals surface area contributed by atoms with Gasteiger partial charge < -0.3 is 10.1 Å². The lowest BCUT2D eigenvalue weighted by atomic mass is 10.1. The van der Waals surface area contributed by atoms with Crippen LogP contribution in [0.15, 0.2) is 42.5 Å².